The monoisotopic (exact) mass is 308 g/mol. The maximum absolute atomic E-state index is 12.5. The van der Waals surface area contributed by atoms with Crippen molar-refractivity contribution < 1.29 is 8.42 Å². The number of nitrogens with zero attached hydrogens (tertiary/aromatic N) is 4. The standard InChI is InChI=1S/C12H16N6O2S/c1-8-16-10(5-12(13-2)17-8)11-3-4-18(11)21(19,20)9-6-14-15-7-9/h5-7,11H,3-4H2,1-2H3,(H,14,15)(H,13,16,17). The van der Waals surface area contributed by atoms with Gasteiger partial charge in [-0.2, -0.15) is 9.40 Å². The molecule has 0 aliphatic carbocycles. The molecule has 0 amide bonds. The molecule has 2 aromatic heterocycles. The molecule has 0 radical (unpaired) electrons. The van der Waals surface area contributed by atoms with Crippen LogP contribution in [0.5, 0.6) is 0 Å². The zero-order chi connectivity index (χ0) is 15.0. The second kappa shape index (κ2) is 5.08. The van der Waals surface area contributed by atoms with E-state index in [0.717, 1.165) is 6.42 Å². The van der Waals surface area contributed by atoms with Crippen LogP contribution in [0.25, 0.3) is 0 Å². The number of sulfonamides is 1. The van der Waals surface area contributed by atoms with Gasteiger partial charge in [0.25, 0.3) is 0 Å². The number of H-pyrrole nitrogens is 1. The molecule has 8 nitrogen and oxygen atoms in total. The molecule has 0 spiro atoms. The largest absolute Gasteiger partial charge is 0.373 e. The maximum Gasteiger partial charge on any atom is 0.246 e. The molecule has 1 aliphatic rings. The van der Waals surface area contributed by atoms with Crippen LogP contribution in [0.1, 0.15) is 24.0 Å². The number of aryl methyl sites for hydroxylation is 1. The average molecular weight is 308 g/mol. The van der Waals surface area contributed by atoms with E-state index in [2.05, 4.69) is 25.5 Å². The van der Waals surface area contributed by atoms with Crippen molar-refractivity contribution in [1.82, 2.24) is 24.5 Å². The summed E-state index contributed by atoms with van der Waals surface area (Å²) in [5.41, 5.74) is 0.713. The lowest BCUT2D eigenvalue weighted by atomic mass is 10.0. The molecule has 112 valence electrons. The van der Waals surface area contributed by atoms with Crippen LogP contribution in [0, 0.1) is 6.92 Å². The molecule has 1 saturated heterocycles. The lowest BCUT2D eigenvalue weighted by molar-refractivity contribution is 0.197. The summed E-state index contributed by atoms with van der Waals surface area (Å²) >= 11 is 0. The van der Waals surface area contributed by atoms with E-state index in [1.807, 2.05) is 0 Å². The van der Waals surface area contributed by atoms with Crippen molar-refractivity contribution >= 4 is 15.8 Å². The Morgan fingerprint density at radius 1 is 1.43 bits per heavy atom. The molecular weight excluding hydrogens is 292 g/mol. The van der Waals surface area contributed by atoms with Gasteiger partial charge in [-0.3, -0.25) is 5.10 Å². The average Bonchev–Trinajstić information content (AvgIpc) is 2.90. The Kier molecular flexibility index (Phi) is 3.38. The second-order valence-electron chi connectivity index (χ2n) is 4.83. The van der Waals surface area contributed by atoms with Gasteiger partial charge >= 0.3 is 0 Å². The second-order valence-corrected chi connectivity index (χ2v) is 6.72. The van der Waals surface area contributed by atoms with Crippen molar-refractivity contribution in [2.75, 3.05) is 18.9 Å². The lowest BCUT2D eigenvalue weighted by Gasteiger charge is -2.38. The van der Waals surface area contributed by atoms with Crippen LogP contribution in [-0.2, 0) is 10.0 Å². The summed E-state index contributed by atoms with van der Waals surface area (Å²) in [5, 5.41) is 9.19. The first kappa shape index (κ1) is 14.0. The summed E-state index contributed by atoms with van der Waals surface area (Å²) < 4.78 is 26.5. The minimum Gasteiger partial charge on any atom is -0.373 e. The summed E-state index contributed by atoms with van der Waals surface area (Å²) in [7, 11) is -1.76. The Morgan fingerprint density at radius 2 is 2.24 bits per heavy atom. The smallest absolute Gasteiger partial charge is 0.246 e. The number of anilines is 1. The first-order chi connectivity index (χ1) is 10.0. The third-order valence-electron chi connectivity index (χ3n) is 3.51. The van der Waals surface area contributed by atoms with Gasteiger partial charge in [0.1, 0.15) is 16.5 Å². The number of rotatable bonds is 4. The summed E-state index contributed by atoms with van der Waals surface area (Å²) in [4.78, 5) is 8.77. The predicted molar refractivity (Wildman–Crippen MR) is 76.2 cm³/mol. The highest BCUT2D eigenvalue weighted by Crippen LogP contribution is 2.37. The van der Waals surface area contributed by atoms with E-state index in [0.29, 0.717) is 23.9 Å². The number of nitrogens with one attached hydrogen (secondary N) is 2. The highest BCUT2D eigenvalue weighted by molar-refractivity contribution is 7.89. The first-order valence-corrected chi connectivity index (χ1v) is 8.00. The number of aromatic amines is 1. The van der Waals surface area contributed by atoms with E-state index < -0.39 is 10.0 Å². The van der Waals surface area contributed by atoms with Gasteiger partial charge in [-0.05, 0) is 13.3 Å². The third kappa shape index (κ3) is 2.38. The normalized spacial score (nSPS) is 19.2. The zero-order valence-electron chi connectivity index (χ0n) is 11.7. The molecule has 0 bridgehead atoms. The van der Waals surface area contributed by atoms with E-state index in [1.54, 1.807) is 20.0 Å². The molecule has 1 atom stereocenters. The Labute approximate surface area is 122 Å². The minimum absolute atomic E-state index is 0.173. The first-order valence-electron chi connectivity index (χ1n) is 6.56. The van der Waals surface area contributed by atoms with E-state index in [1.165, 1.54) is 16.7 Å². The van der Waals surface area contributed by atoms with Gasteiger partial charge in [-0.25, -0.2) is 18.4 Å². The fraction of sp³-hybridized carbons (Fsp3) is 0.417. The minimum atomic E-state index is -3.53. The van der Waals surface area contributed by atoms with Gasteiger partial charge < -0.3 is 5.32 Å². The van der Waals surface area contributed by atoms with Gasteiger partial charge in [0.05, 0.1) is 17.9 Å². The Morgan fingerprint density at radius 3 is 2.81 bits per heavy atom. The van der Waals surface area contributed by atoms with Crippen LogP contribution < -0.4 is 5.32 Å². The van der Waals surface area contributed by atoms with Gasteiger partial charge in [0.15, 0.2) is 0 Å². The number of hydrogen-bond acceptors (Lipinski definition) is 6. The summed E-state index contributed by atoms with van der Waals surface area (Å²) in [6.07, 6.45) is 3.45. The fourth-order valence-corrected chi connectivity index (χ4v) is 3.90. The van der Waals surface area contributed by atoms with E-state index in [4.69, 9.17) is 0 Å². The summed E-state index contributed by atoms with van der Waals surface area (Å²) in [6, 6.07) is 1.54. The molecule has 3 heterocycles. The van der Waals surface area contributed by atoms with Crippen LogP contribution in [0.2, 0.25) is 0 Å². The Balaban J connectivity index is 1.93. The van der Waals surface area contributed by atoms with Crippen LogP contribution in [0.15, 0.2) is 23.4 Å². The molecule has 0 aromatic carbocycles. The van der Waals surface area contributed by atoms with Crippen molar-refractivity contribution in [2.24, 2.45) is 0 Å². The molecule has 1 fully saturated rings. The third-order valence-corrected chi connectivity index (χ3v) is 5.38. The van der Waals surface area contributed by atoms with Crippen molar-refractivity contribution in [3.05, 3.63) is 30.0 Å². The van der Waals surface area contributed by atoms with Crippen LogP contribution in [0.3, 0.4) is 0 Å². The lowest BCUT2D eigenvalue weighted by Crippen LogP contribution is -2.45. The van der Waals surface area contributed by atoms with E-state index >= 15 is 0 Å². The van der Waals surface area contributed by atoms with Crippen LogP contribution >= 0.6 is 0 Å². The van der Waals surface area contributed by atoms with Crippen molar-refractivity contribution in [3.63, 3.8) is 0 Å². The molecule has 2 aromatic rings. The van der Waals surface area contributed by atoms with Crippen molar-refractivity contribution in [3.8, 4) is 0 Å². The van der Waals surface area contributed by atoms with Crippen LogP contribution in [0.4, 0.5) is 5.82 Å². The molecule has 2 N–H and O–H groups in total. The molecule has 1 unspecified atom stereocenters. The molecule has 3 rings (SSSR count). The molecule has 0 saturated carbocycles. The highest BCUT2D eigenvalue weighted by atomic mass is 32.2. The fourth-order valence-electron chi connectivity index (χ4n) is 2.35. The van der Waals surface area contributed by atoms with Gasteiger partial charge in [0.2, 0.25) is 10.0 Å². The molecule has 9 heteroatoms. The maximum atomic E-state index is 12.5. The molecule has 21 heavy (non-hydrogen) atoms. The Hall–Kier alpha value is -2.00. The predicted octanol–water partition coefficient (Wildman–Crippen LogP) is 0.686. The van der Waals surface area contributed by atoms with Crippen molar-refractivity contribution in [2.45, 2.75) is 24.3 Å². The van der Waals surface area contributed by atoms with E-state index in [-0.39, 0.29) is 10.9 Å². The van der Waals surface area contributed by atoms with Gasteiger partial charge in [-0.15, -0.1) is 0 Å². The Bertz CT molecular complexity index is 743. The zero-order valence-corrected chi connectivity index (χ0v) is 12.6. The van der Waals surface area contributed by atoms with Crippen molar-refractivity contribution in [1.29, 1.82) is 0 Å². The summed E-state index contributed by atoms with van der Waals surface area (Å²) in [6.45, 7) is 2.27. The SMILES string of the molecule is CNc1cc(C2CCN2S(=O)(=O)c2cn[nH]c2)nc(C)n1. The highest BCUT2D eigenvalue weighted by Gasteiger charge is 2.40. The van der Waals surface area contributed by atoms with Crippen LogP contribution in [-0.4, -0.2) is 46.5 Å². The summed E-state index contributed by atoms with van der Waals surface area (Å²) in [5.74, 6) is 1.30. The van der Waals surface area contributed by atoms with Gasteiger partial charge in [-0.1, -0.05) is 0 Å². The number of aromatic nitrogens is 4. The van der Waals surface area contributed by atoms with Gasteiger partial charge in [0, 0.05) is 25.9 Å². The number of hydrogen-bond donors (Lipinski definition) is 2. The quantitative estimate of drug-likeness (QED) is 0.861. The van der Waals surface area contributed by atoms with E-state index in [9.17, 15) is 8.42 Å². The molecular formula is C12H16N6O2S. The molecule has 1 aliphatic heterocycles. The topological polar surface area (TPSA) is 104 Å².